The second-order valence-corrected chi connectivity index (χ2v) is 10.9. The van der Waals surface area contributed by atoms with Crippen LogP contribution in [0.4, 0.5) is 4.39 Å². The average Bonchev–Trinajstić information content (AvgIpc) is 3.38. The van der Waals surface area contributed by atoms with E-state index in [-0.39, 0.29) is 29.9 Å². The van der Waals surface area contributed by atoms with E-state index in [0.29, 0.717) is 24.2 Å². The van der Waals surface area contributed by atoms with Gasteiger partial charge in [0.2, 0.25) is 5.91 Å². The van der Waals surface area contributed by atoms with Crippen LogP contribution in [0.15, 0.2) is 72.8 Å². The van der Waals surface area contributed by atoms with Crippen molar-refractivity contribution in [1.82, 2.24) is 4.90 Å². The van der Waals surface area contributed by atoms with Crippen LogP contribution < -0.4 is 4.74 Å². The fourth-order valence-electron chi connectivity index (χ4n) is 7.47. The molecule has 2 fully saturated rings. The molecule has 0 unspecified atom stereocenters. The number of carboxylic acid groups (broad SMARTS) is 1. The number of para-hydroxylation sites is 1. The molecule has 1 amide bonds. The van der Waals surface area contributed by atoms with Crippen molar-refractivity contribution in [1.29, 1.82) is 0 Å². The first-order valence-corrected chi connectivity index (χ1v) is 13.1. The average molecular weight is 532 g/mol. The van der Waals surface area contributed by atoms with E-state index in [4.69, 9.17) is 16.3 Å². The summed E-state index contributed by atoms with van der Waals surface area (Å²) in [6, 6.07) is 20.1. The van der Waals surface area contributed by atoms with E-state index < -0.39 is 28.5 Å². The Morgan fingerprint density at radius 2 is 1.89 bits per heavy atom. The summed E-state index contributed by atoms with van der Waals surface area (Å²) in [7, 11) is 1.57. The first kappa shape index (κ1) is 24.7. The zero-order chi connectivity index (χ0) is 26.7. The fraction of sp³-hybridized carbons (Fsp3) is 0.290. The van der Waals surface area contributed by atoms with Crippen LogP contribution in [-0.4, -0.2) is 42.1 Å². The Labute approximate surface area is 225 Å². The molecule has 4 atom stereocenters. The number of nitrogens with zero attached hydrogens (tertiary/aromatic N) is 1. The summed E-state index contributed by atoms with van der Waals surface area (Å²) in [4.78, 5) is 28.4. The van der Waals surface area contributed by atoms with Crippen LogP contribution >= 0.6 is 11.6 Å². The molecule has 38 heavy (non-hydrogen) atoms. The van der Waals surface area contributed by atoms with E-state index in [1.807, 2.05) is 54.6 Å². The molecule has 0 spiro atoms. The minimum Gasteiger partial charge on any atom is -0.496 e. The molecule has 1 aliphatic heterocycles. The van der Waals surface area contributed by atoms with Crippen molar-refractivity contribution in [3.63, 3.8) is 0 Å². The van der Waals surface area contributed by atoms with Gasteiger partial charge in [-0.25, -0.2) is 4.39 Å². The third kappa shape index (κ3) is 3.36. The number of aliphatic carboxylic acids is 1. The van der Waals surface area contributed by atoms with Crippen molar-refractivity contribution in [2.24, 2.45) is 11.3 Å². The number of hydrogen-bond donors (Lipinski definition) is 1. The van der Waals surface area contributed by atoms with E-state index >= 15 is 0 Å². The Bertz CT molecular complexity index is 1490. The second kappa shape index (κ2) is 8.98. The maximum atomic E-state index is 14.8. The summed E-state index contributed by atoms with van der Waals surface area (Å²) in [5, 5.41) is 10.8. The van der Waals surface area contributed by atoms with Gasteiger partial charge in [0.25, 0.3) is 0 Å². The molecule has 7 heteroatoms. The largest absolute Gasteiger partial charge is 0.496 e. The molecular formula is C31H27ClFNO4. The third-order valence-corrected chi connectivity index (χ3v) is 9.33. The van der Waals surface area contributed by atoms with Crippen molar-refractivity contribution >= 4 is 29.6 Å². The molecule has 5 nitrogen and oxygen atoms in total. The minimum absolute atomic E-state index is 0.0251. The highest BCUT2D eigenvalue weighted by Crippen LogP contribution is 2.69. The summed E-state index contributed by atoms with van der Waals surface area (Å²) in [5.74, 6) is -1.72. The molecule has 3 aliphatic carbocycles. The molecule has 3 aromatic rings. The van der Waals surface area contributed by atoms with E-state index in [1.165, 1.54) is 12.1 Å². The molecule has 1 N–H and O–H groups in total. The van der Waals surface area contributed by atoms with Crippen LogP contribution in [0.5, 0.6) is 5.75 Å². The summed E-state index contributed by atoms with van der Waals surface area (Å²) in [6.45, 7) is 0.357. The van der Waals surface area contributed by atoms with Crippen LogP contribution in [0.2, 0.25) is 5.02 Å². The summed E-state index contributed by atoms with van der Waals surface area (Å²) in [5.41, 5.74) is 1.53. The number of carbonyl (C=O) groups is 2. The Morgan fingerprint density at radius 1 is 1.13 bits per heavy atom. The maximum absolute atomic E-state index is 14.8. The number of hydrogen-bond acceptors (Lipinski definition) is 3. The molecule has 7 rings (SSSR count). The lowest BCUT2D eigenvalue weighted by atomic mass is 9.42. The van der Waals surface area contributed by atoms with E-state index in [2.05, 4.69) is 0 Å². The zero-order valence-corrected chi connectivity index (χ0v) is 21.6. The number of amides is 1. The van der Waals surface area contributed by atoms with Gasteiger partial charge in [-0.3, -0.25) is 9.59 Å². The van der Waals surface area contributed by atoms with Gasteiger partial charge in [0, 0.05) is 42.0 Å². The first-order valence-electron chi connectivity index (χ1n) is 12.7. The number of rotatable bonds is 5. The topological polar surface area (TPSA) is 66.8 Å². The van der Waals surface area contributed by atoms with Gasteiger partial charge < -0.3 is 14.7 Å². The minimum atomic E-state index is -1.18. The highest BCUT2D eigenvalue weighted by atomic mass is 35.5. The standard InChI is InChI=1S/C31H27ClFNO4/c1-38-26-9-5-2-6-19(26)10-13-28(35)34-17-27-30(20-11-12-24(32)25(33)16-20)15-14-23(31(27,18-34)29(36)37)21-7-3-4-8-22(21)30/h2-13,16,23,27H,14-15,17-18H2,1H3,(H,36,37)/b13-10+/t23-,27-,30-,31-/m0/s1. The van der Waals surface area contributed by atoms with Gasteiger partial charge in [-0.15, -0.1) is 0 Å². The van der Waals surface area contributed by atoms with Crippen molar-refractivity contribution in [2.45, 2.75) is 24.2 Å². The Morgan fingerprint density at radius 3 is 2.66 bits per heavy atom. The highest BCUT2D eigenvalue weighted by molar-refractivity contribution is 6.30. The van der Waals surface area contributed by atoms with E-state index in [9.17, 15) is 19.1 Å². The lowest BCUT2D eigenvalue weighted by molar-refractivity contribution is -0.157. The summed E-state index contributed by atoms with van der Waals surface area (Å²) < 4.78 is 20.2. The van der Waals surface area contributed by atoms with Crippen molar-refractivity contribution in [2.75, 3.05) is 20.2 Å². The molecular weight excluding hydrogens is 505 g/mol. The molecule has 194 valence electrons. The summed E-state index contributed by atoms with van der Waals surface area (Å²) >= 11 is 6.04. The van der Waals surface area contributed by atoms with E-state index in [0.717, 1.165) is 16.7 Å². The van der Waals surface area contributed by atoms with Gasteiger partial charge in [-0.2, -0.15) is 0 Å². The smallest absolute Gasteiger partial charge is 0.312 e. The first-order chi connectivity index (χ1) is 18.3. The molecule has 2 bridgehead atoms. The van der Waals surface area contributed by atoms with Crippen LogP contribution in [-0.2, 0) is 15.0 Å². The lowest BCUT2D eigenvalue weighted by Crippen LogP contribution is -2.60. The number of benzene rings is 3. The van der Waals surface area contributed by atoms with Gasteiger partial charge in [0.05, 0.1) is 17.5 Å². The maximum Gasteiger partial charge on any atom is 0.312 e. The molecule has 3 aromatic carbocycles. The van der Waals surface area contributed by atoms with Gasteiger partial charge in [0.1, 0.15) is 11.6 Å². The van der Waals surface area contributed by atoms with Gasteiger partial charge in [-0.1, -0.05) is 60.1 Å². The van der Waals surface area contributed by atoms with Gasteiger partial charge in [-0.05, 0) is 53.8 Å². The quantitative estimate of drug-likeness (QED) is 0.416. The highest BCUT2D eigenvalue weighted by Gasteiger charge is 2.70. The zero-order valence-electron chi connectivity index (χ0n) is 20.9. The molecule has 1 saturated heterocycles. The fourth-order valence-corrected chi connectivity index (χ4v) is 7.59. The molecule has 0 radical (unpaired) electrons. The number of likely N-dealkylation sites (tertiary alicyclic amines) is 1. The van der Waals surface area contributed by atoms with E-state index in [1.54, 1.807) is 24.2 Å². The lowest BCUT2D eigenvalue weighted by Gasteiger charge is -2.59. The molecule has 0 aromatic heterocycles. The number of ether oxygens (including phenoxy) is 1. The SMILES string of the molecule is COc1ccccc1/C=C/C(=O)N1C[C@H]2[C@]3(c4ccc(Cl)c(F)c4)CC[C@@H](c4ccccc43)[C@@]2(C(=O)O)C1. The summed E-state index contributed by atoms with van der Waals surface area (Å²) in [6.07, 6.45) is 4.50. The Kier molecular flexibility index (Phi) is 5.84. The second-order valence-electron chi connectivity index (χ2n) is 10.5. The monoisotopic (exact) mass is 531 g/mol. The number of methoxy groups -OCH3 is 1. The Hall–Kier alpha value is -3.64. The van der Waals surface area contributed by atoms with Crippen LogP contribution in [0, 0.1) is 17.2 Å². The van der Waals surface area contributed by atoms with Crippen LogP contribution in [0.1, 0.15) is 41.0 Å². The van der Waals surface area contributed by atoms with Crippen molar-refractivity contribution in [3.05, 3.63) is 106 Å². The molecule has 4 aliphatic rings. The molecule has 1 saturated carbocycles. The Balaban J connectivity index is 1.46. The number of halogens is 2. The normalized spacial score (nSPS) is 27.3. The predicted octanol–water partition coefficient (Wildman–Crippen LogP) is 5.91. The third-order valence-electron chi connectivity index (χ3n) is 9.03. The predicted molar refractivity (Wildman–Crippen MR) is 143 cm³/mol. The molecule has 1 heterocycles. The van der Waals surface area contributed by atoms with Gasteiger partial charge >= 0.3 is 5.97 Å². The number of fused-ring (bicyclic) bond motifs is 1. The van der Waals surface area contributed by atoms with Crippen molar-refractivity contribution < 1.29 is 23.8 Å². The van der Waals surface area contributed by atoms with Gasteiger partial charge in [0.15, 0.2) is 0 Å². The van der Waals surface area contributed by atoms with Crippen molar-refractivity contribution in [3.8, 4) is 5.75 Å². The van der Waals surface area contributed by atoms with Crippen LogP contribution in [0.3, 0.4) is 0 Å². The van der Waals surface area contributed by atoms with Crippen LogP contribution in [0.25, 0.3) is 6.08 Å². The number of carboxylic acids is 1. The number of carbonyl (C=O) groups excluding carboxylic acids is 1.